The van der Waals surface area contributed by atoms with E-state index in [0.717, 1.165) is 78.3 Å². The molecule has 6 aliphatic rings. The summed E-state index contributed by atoms with van der Waals surface area (Å²) in [5.74, 6) is 3.75. The molecule has 0 atom stereocenters. The van der Waals surface area contributed by atoms with Crippen molar-refractivity contribution in [2.45, 2.75) is 27.7 Å². The molecule has 0 aliphatic carbocycles. The lowest BCUT2D eigenvalue weighted by Gasteiger charge is -2.39. The summed E-state index contributed by atoms with van der Waals surface area (Å²) in [4.78, 5) is 28.5. The van der Waals surface area contributed by atoms with E-state index in [0.29, 0.717) is 59.9 Å². The van der Waals surface area contributed by atoms with Crippen LogP contribution < -0.4 is 61.5 Å². The molecule has 0 radical (unpaired) electrons. The molecule has 18 heteroatoms. The van der Waals surface area contributed by atoms with Crippen molar-refractivity contribution >= 4 is 57.6 Å². The second kappa shape index (κ2) is 12.4. The van der Waals surface area contributed by atoms with Crippen molar-refractivity contribution in [3.63, 3.8) is 0 Å². The number of nitrogens with zero attached hydrogens (tertiary/aromatic N) is 12. The van der Waals surface area contributed by atoms with Crippen molar-refractivity contribution in [3.8, 4) is 57.9 Å². The summed E-state index contributed by atoms with van der Waals surface area (Å²) in [6.07, 6.45) is 15.5. The molecule has 0 fully saturated rings. The van der Waals surface area contributed by atoms with Crippen LogP contribution in [0.25, 0.3) is 11.4 Å². The van der Waals surface area contributed by atoms with Crippen molar-refractivity contribution in [1.82, 2.24) is 49.3 Å². The Hall–Kier alpha value is -7.75. The second-order valence-electron chi connectivity index (χ2n) is 16.8. The van der Waals surface area contributed by atoms with Gasteiger partial charge in [-0.05, 0) is 85.9 Å². The Labute approximate surface area is 356 Å². The fourth-order valence-corrected chi connectivity index (χ4v) is 9.69. The highest BCUT2D eigenvalue weighted by molar-refractivity contribution is 7.00. The minimum atomic E-state index is -0.445. The summed E-state index contributed by atoms with van der Waals surface area (Å²) in [5, 5.41) is 9.59. The van der Waals surface area contributed by atoms with Gasteiger partial charge in [0.1, 0.15) is 0 Å². The third-order valence-corrected chi connectivity index (χ3v) is 12.4. The normalized spacial score (nSPS) is 15.6. The van der Waals surface area contributed by atoms with Crippen molar-refractivity contribution in [1.29, 1.82) is 0 Å². The van der Waals surface area contributed by atoms with Crippen LogP contribution in [0.2, 0.25) is 0 Å². The zero-order chi connectivity index (χ0) is 41.7. The SMILES string of the molecule is Cc1cc(C)n(-c2cnc3c(c2)B2c4cc(N5C=CN(C)C5)cnc4Oc4c5c6c(c(c42)O3)Oc2ncc(-n3nc(C)cc3C)cc2B6c2cc(N3C=CN(C)C3)cnc2O5)n1. The summed E-state index contributed by atoms with van der Waals surface area (Å²) in [6, 6.07) is 12.6. The zero-order valence-electron chi connectivity index (χ0n) is 34.7. The van der Waals surface area contributed by atoms with Crippen molar-refractivity contribution < 1.29 is 18.9 Å². The number of benzene rings is 1. The third-order valence-electron chi connectivity index (χ3n) is 12.4. The van der Waals surface area contributed by atoms with E-state index in [4.69, 9.17) is 49.1 Å². The van der Waals surface area contributed by atoms with Crippen LogP contribution in [0, 0.1) is 27.7 Å². The van der Waals surface area contributed by atoms with E-state index in [1.54, 1.807) is 12.4 Å². The van der Waals surface area contributed by atoms with Gasteiger partial charge < -0.3 is 38.5 Å². The molecule has 302 valence electrons. The van der Waals surface area contributed by atoms with E-state index in [9.17, 15) is 0 Å². The maximum Gasteiger partial charge on any atom is 0.265 e. The number of ether oxygens (including phenoxy) is 4. The van der Waals surface area contributed by atoms with E-state index < -0.39 is 13.4 Å². The smallest absolute Gasteiger partial charge is 0.265 e. The van der Waals surface area contributed by atoms with Crippen LogP contribution in [-0.2, 0) is 0 Å². The second-order valence-corrected chi connectivity index (χ2v) is 16.8. The van der Waals surface area contributed by atoms with Crippen molar-refractivity contribution in [2.75, 3.05) is 37.2 Å². The van der Waals surface area contributed by atoms with E-state index in [2.05, 4.69) is 43.9 Å². The first-order chi connectivity index (χ1) is 30.1. The van der Waals surface area contributed by atoms with Gasteiger partial charge in [0.05, 0.1) is 72.3 Å². The molecule has 6 aromatic heterocycles. The van der Waals surface area contributed by atoms with E-state index in [1.165, 1.54) is 0 Å². The van der Waals surface area contributed by atoms with Gasteiger partial charge >= 0.3 is 0 Å². The molecule has 7 aromatic rings. The number of hydrogen-bond acceptors (Lipinski definition) is 14. The van der Waals surface area contributed by atoms with Gasteiger partial charge in [-0.2, -0.15) is 10.2 Å². The highest BCUT2D eigenvalue weighted by Gasteiger charge is 2.52. The highest BCUT2D eigenvalue weighted by Crippen LogP contribution is 2.49. The van der Waals surface area contributed by atoms with Crippen LogP contribution in [0.4, 0.5) is 11.4 Å². The van der Waals surface area contributed by atoms with Crippen LogP contribution in [-0.4, -0.2) is 90.2 Å². The minimum absolute atomic E-state index is 0.443. The quantitative estimate of drug-likeness (QED) is 0.241. The molecule has 6 aliphatic heterocycles. The molecule has 0 bridgehead atoms. The molecule has 0 N–H and O–H groups in total. The van der Waals surface area contributed by atoms with E-state index in [-0.39, 0.29) is 0 Å². The predicted molar refractivity (Wildman–Crippen MR) is 235 cm³/mol. The Morgan fingerprint density at radius 3 is 1.10 bits per heavy atom. The number of aryl methyl sites for hydroxylation is 4. The van der Waals surface area contributed by atoms with Crippen LogP contribution >= 0.6 is 0 Å². The molecule has 0 saturated heterocycles. The van der Waals surface area contributed by atoms with Crippen molar-refractivity contribution in [2.24, 2.45) is 0 Å². The van der Waals surface area contributed by atoms with Crippen LogP contribution in [0.15, 0.2) is 86.0 Å². The fourth-order valence-electron chi connectivity index (χ4n) is 9.69. The Bertz CT molecular complexity index is 2970. The summed E-state index contributed by atoms with van der Waals surface area (Å²) in [6.45, 7) is 8.52. The molecule has 0 amide bonds. The Balaban J connectivity index is 1.05. The lowest BCUT2D eigenvalue weighted by atomic mass is 9.32. The molecule has 0 spiro atoms. The van der Waals surface area contributed by atoms with Crippen LogP contribution in [0.5, 0.6) is 46.5 Å². The average molecular weight is 818 g/mol. The third kappa shape index (κ3) is 4.97. The van der Waals surface area contributed by atoms with Gasteiger partial charge in [-0.3, -0.25) is 0 Å². The first-order valence-electron chi connectivity index (χ1n) is 20.5. The fraction of sp³-hybridized carbons (Fsp3) is 0.182. The average Bonchev–Trinajstić information content (AvgIpc) is 4.07. The van der Waals surface area contributed by atoms with E-state index in [1.807, 2.05) is 100 Å². The molecule has 0 unspecified atom stereocenters. The van der Waals surface area contributed by atoms with Gasteiger partial charge in [-0.15, -0.1) is 0 Å². The van der Waals surface area contributed by atoms with Gasteiger partial charge in [-0.1, -0.05) is 0 Å². The molecule has 13 rings (SSSR count). The van der Waals surface area contributed by atoms with Gasteiger partial charge in [0.2, 0.25) is 23.5 Å². The largest absolute Gasteiger partial charge is 0.436 e. The number of aromatic nitrogens is 8. The maximum absolute atomic E-state index is 6.98. The standard InChI is InChI=1S/C44H36B2N12O4/c1-23-11-25(3)57(51-23)29-15-33-43(49-19-29)61-39-35-37(59-41-31(45(33)35)13-27(17-47-41)55-9-7-53(5)21-55)38-36-40(39)62-44-34(16-30(20-50-44)58-26(4)12-24(2)52-58)46(36)32-14-28(18-48-42(32)60-38)56-10-8-54(6)22-56/h7-20H,21-22H2,1-6H3. The monoisotopic (exact) mass is 818 g/mol. The number of rotatable bonds is 4. The number of hydrogen-bond donors (Lipinski definition) is 0. The van der Waals surface area contributed by atoms with E-state index >= 15 is 0 Å². The van der Waals surface area contributed by atoms with Gasteiger partial charge in [-0.25, -0.2) is 29.3 Å². The molecule has 16 nitrogen and oxygen atoms in total. The Morgan fingerprint density at radius 1 is 0.452 bits per heavy atom. The maximum atomic E-state index is 6.98. The molecule has 1 aromatic carbocycles. The van der Waals surface area contributed by atoms with Crippen LogP contribution in [0.1, 0.15) is 22.8 Å². The van der Waals surface area contributed by atoms with Crippen molar-refractivity contribution in [3.05, 3.63) is 109 Å². The summed E-state index contributed by atoms with van der Waals surface area (Å²) in [7, 11) is 4.08. The molecule has 62 heavy (non-hydrogen) atoms. The van der Waals surface area contributed by atoms with Crippen LogP contribution in [0.3, 0.4) is 0 Å². The minimum Gasteiger partial charge on any atom is -0.436 e. The number of fused-ring (bicyclic) bond motifs is 10. The number of anilines is 2. The summed E-state index contributed by atoms with van der Waals surface area (Å²) in [5.41, 5.74) is 12.1. The molecular weight excluding hydrogens is 782 g/mol. The molecular formula is C44H36B2N12O4. The zero-order valence-corrected chi connectivity index (χ0v) is 34.7. The Morgan fingerprint density at radius 2 is 0.790 bits per heavy atom. The predicted octanol–water partition coefficient (Wildman–Crippen LogP) is 2.69. The first-order valence-corrected chi connectivity index (χ1v) is 20.5. The van der Waals surface area contributed by atoms with Gasteiger partial charge in [0.25, 0.3) is 13.4 Å². The topological polar surface area (TPSA) is 137 Å². The van der Waals surface area contributed by atoms with Gasteiger partial charge in [0, 0.05) is 61.2 Å². The highest BCUT2D eigenvalue weighted by atomic mass is 16.5. The summed E-state index contributed by atoms with van der Waals surface area (Å²) >= 11 is 0. The lowest BCUT2D eigenvalue weighted by molar-refractivity contribution is 0.380. The summed E-state index contributed by atoms with van der Waals surface area (Å²) < 4.78 is 31.7. The molecule has 12 heterocycles. The molecule has 0 saturated carbocycles. The first kappa shape index (κ1) is 35.0. The Kier molecular flexibility index (Phi) is 7.01. The van der Waals surface area contributed by atoms with Gasteiger partial charge in [0.15, 0.2) is 23.0 Å². The number of pyridine rings is 4. The lowest BCUT2D eigenvalue weighted by Crippen LogP contribution is -2.62.